The van der Waals surface area contributed by atoms with Crippen LogP contribution in [-0.2, 0) is 4.74 Å². The summed E-state index contributed by atoms with van der Waals surface area (Å²) in [5.41, 5.74) is 0.117. The van der Waals surface area contributed by atoms with Crippen molar-refractivity contribution in [3.63, 3.8) is 0 Å². The van der Waals surface area contributed by atoms with Crippen molar-refractivity contribution in [1.82, 2.24) is 4.90 Å². The Hall–Kier alpha value is -0.520. The van der Waals surface area contributed by atoms with E-state index in [1.165, 1.54) is 6.42 Å². The van der Waals surface area contributed by atoms with Crippen LogP contribution in [0.3, 0.4) is 0 Å². The highest BCUT2D eigenvalue weighted by atomic mass is 16.5. The number of ether oxygens (including phenoxy) is 1. The molecule has 18 heavy (non-hydrogen) atoms. The fourth-order valence-electron chi connectivity index (χ4n) is 1.70. The number of hydrogen-bond acceptors (Lipinski definition) is 2. The van der Waals surface area contributed by atoms with Crippen LogP contribution in [0.1, 0.15) is 54.9 Å². The molecule has 1 aliphatic heterocycles. The summed E-state index contributed by atoms with van der Waals surface area (Å²) in [4.78, 5) is 2.42. The third kappa shape index (κ3) is 12.0. The Bertz CT molecular complexity index is 219. The third-order valence-corrected chi connectivity index (χ3v) is 2.19. The lowest BCUT2D eigenvalue weighted by Gasteiger charge is -2.31. The highest BCUT2D eigenvalue weighted by molar-refractivity contribution is 5.07. The Morgan fingerprint density at radius 2 is 1.56 bits per heavy atom. The summed E-state index contributed by atoms with van der Waals surface area (Å²) in [7, 11) is 0. The van der Waals surface area contributed by atoms with Crippen molar-refractivity contribution in [1.29, 1.82) is 0 Å². The van der Waals surface area contributed by atoms with Crippen LogP contribution in [0.25, 0.3) is 0 Å². The zero-order valence-electron chi connectivity index (χ0n) is 13.6. The van der Waals surface area contributed by atoms with E-state index in [1.54, 1.807) is 0 Å². The molecule has 1 aliphatic rings. The smallest absolute Gasteiger partial charge is 0.0594 e. The molecule has 0 saturated carbocycles. The van der Waals surface area contributed by atoms with Crippen LogP contribution in [0.4, 0.5) is 0 Å². The minimum absolute atomic E-state index is 0.117. The van der Waals surface area contributed by atoms with Crippen molar-refractivity contribution < 1.29 is 4.74 Å². The SMILES string of the molecule is CC.CC#CC(C)(C)CN1CCOCC1.CCC. The Balaban J connectivity index is 0. The van der Waals surface area contributed by atoms with Crippen molar-refractivity contribution in [2.24, 2.45) is 5.41 Å². The van der Waals surface area contributed by atoms with Gasteiger partial charge in [-0.3, -0.25) is 4.90 Å². The molecule has 1 saturated heterocycles. The highest BCUT2D eigenvalue weighted by Crippen LogP contribution is 2.16. The van der Waals surface area contributed by atoms with Crippen molar-refractivity contribution >= 4 is 0 Å². The van der Waals surface area contributed by atoms with Crippen molar-refractivity contribution in [2.45, 2.75) is 54.9 Å². The summed E-state index contributed by atoms with van der Waals surface area (Å²) < 4.78 is 5.30. The standard InChI is InChI=1S/C11H19NO.C3H8.C2H6/c1-4-5-11(2,3)10-12-6-8-13-9-7-12;1-3-2;1-2/h6-10H2,1-3H3;3H2,1-2H3;1-2H3. The summed E-state index contributed by atoms with van der Waals surface area (Å²) in [6, 6.07) is 0. The van der Waals surface area contributed by atoms with Gasteiger partial charge in [-0.15, -0.1) is 5.92 Å². The average Bonchev–Trinajstić information content (AvgIpc) is 2.33. The van der Waals surface area contributed by atoms with Gasteiger partial charge in [0.2, 0.25) is 0 Å². The fraction of sp³-hybridized carbons (Fsp3) is 0.875. The van der Waals surface area contributed by atoms with Crippen LogP contribution in [0.2, 0.25) is 0 Å². The first-order valence-corrected chi connectivity index (χ1v) is 7.29. The van der Waals surface area contributed by atoms with Gasteiger partial charge in [0.05, 0.1) is 13.2 Å². The van der Waals surface area contributed by atoms with Gasteiger partial charge in [-0.25, -0.2) is 0 Å². The maximum Gasteiger partial charge on any atom is 0.0594 e. The van der Waals surface area contributed by atoms with Gasteiger partial charge in [-0.05, 0) is 20.8 Å². The molecule has 0 amide bonds. The van der Waals surface area contributed by atoms with E-state index in [2.05, 4.69) is 44.4 Å². The molecule has 0 radical (unpaired) electrons. The maximum atomic E-state index is 5.30. The van der Waals surface area contributed by atoms with Gasteiger partial charge in [0.15, 0.2) is 0 Å². The third-order valence-electron chi connectivity index (χ3n) is 2.19. The normalized spacial score (nSPS) is 15.3. The van der Waals surface area contributed by atoms with Crippen molar-refractivity contribution in [3.8, 4) is 11.8 Å². The molecule has 0 aliphatic carbocycles. The van der Waals surface area contributed by atoms with Crippen LogP contribution in [-0.4, -0.2) is 37.7 Å². The molecule has 108 valence electrons. The first-order chi connectivity index (χ1) is 8.55. The molecule has 1 heterocycles. The molecular formula is C16H33NO. The second-order valence-electron chi connectivity index (χ2n) is 4.85. The second-order valence-corrected chi connectivity index (χ2v) is 4.85. The second kappa shape index (κ2) is 12.9. The van der Waals surface area contributed by atoms with E-state index in [1.807, 2.05) is 20.8 Å². The Labute approximate surface area is 115 Å². The Morgan fingerprint density at radius 3 is 1.94 bits per heavy atom. The minimum Gasteiger partial charge on any atom is -0.379 e. The number of hydrogen-bond donors (Lipinski definition) is 0. The van der Waals surface area contributed by atoms with Gasteiger partial charge >= 0.3 is 0 Å². The molecule has 0 atom stereocenters. The highest BCUT2D eigenvalue weighted by Gasteiger charge is 2.20. The quantitative estimate of drug-likeness (QED) is 0.696. The van der Waals surface area contributed by atoms with Crippen molar-refractivity contribution in [2.75, 3.05) is 32.8 Å². The van der Waals surface area contributed by atoms with E-state index in [9.17, 15) is 0 Å². The first-order valence-electron chi connectivity index (χ1n) is 7.29. The van der Waals surface area contributed by atoms with Gasteiger partial charge in [0.25, 0.3) is 0 Å². The Morgan fingerprint density at radius 1 is 1.11 bits per heavy atom. The van der Waals surface area contributed by atoms with Gasteiger partial charge in [-0.1, -0.05) is 40.0 Å². The predicted molar refractivity (Wildman–Crippen MR) is 81.8 cm³/mol. The molecule has 0 aromatic carbocycles. The Kier molecular flexibility index (Phi) is 14.2. The molecule has 0 spiro atoms. The van der Waals surface area contributed by atoms with Gasteiger partial charge in [-0.2, -0.15) is 0 Å². The fourth-order valence-corrected chi connectivity index (χ4v) is 1.70. The summed E-state index contributed by atoms with van der Waals surface area (Å²) in [6.07, 6.45) is 1.25. The monoisotopic (exact) mass is 255 g/mol. The van der Waals surface area contributed by atoms with E-state index in [4.69, 9.17) is 4.74 Å². The molecule has 0 aromatic rings. The van der Waals surface area contributed by atoms with E-state index >= 15 is 0 Å². The summed E-state index contributed by atoms with van der Waals surface area (Å²) in [5, 5.41) is 0. The lowest BCUT2D eigenvalue weighted by Crippen LogP contribution is -2.41. The molecule has 1 fully saturated rings. The zero-order valence-corrected chi connectivity index (χ0v) is 13.6. The van der Waals surface area contributed by atoms with Gasteiger partial charge in [0.1, 0.15) is 0 Å². The predicted octanol–water partition coefficient (Wildman–Crippen LogP) is 3.81. The molecule has 0 unspecified atom stereocenters. The summed E-state index contributed by atoms with van der Waals surface area (Å²) >= 11 is 0. The lowest BCUT2D eigenvalue weighted by molar-refractivity contribution is 0.0277. The molecular weight excluding hydrogens is 222 g/mol. The van der Waals surface area contributed by atoms with Crippen LogP contribution < -0.4 is 0 Å². The lowest BCUT2D eigenvalue weighted by atomic mass is 9.93. The maximum absolute atomic E-state index is 5.30. The average molecular weight is 255 g/mol. The summed E-state index contributed by atoms with van der Waals surface area (Å²) in [5.74, 6) is 6.23. The number of rotatable bonds is 2. The topological polar surface area (TPSA) is 12.5 Å². The molecule has 1 rings (SSSR count). The molecule has 2 nitrogen and oxygen atoms in total. The van der Waals surface area contributed by atoms with Gasteiger partial charge < -0.3 is 4.74 Å². The molecule has 0 bridgehead atoms. The first kappa shape index (κ1) is 19.8. The van der Waals surface area contributed by atoms with Gasteiger partial charge in [0, 0.05) is 25.0 Å². The van der Waals surface area contributed by atoms with Crippen LogP contribution in [0, 0.1) is 17.3 Å². The molecule has 0 aromatic heterocycles. The van der Waals surface area contributed by atoms with Crippen molar-refractivity contribution in [3.05, 3.63) is 0 Å². The molecule has 0 N–H and O–H groups in total. The van der Waals surface area contributed by atoms with E-state index in [0.717, 1.165) is 32.8 Å². The molecule has 2 heteroatoms. The number of nitrogens with zero attached hydrogens (tertiary/aromatic N) is 1. The van der Waals surface area contributed by atoms with Crippen LogP contribution in [0.15, 0.2) is 0 Å². The number of morpholine rings is 1. The zero-order chi connectivity index (χ0) is 14.4. The van der Waals surface area contributed by atoms with E-state index in [0.29, 0.717) is 0 Å². The summed E-state index contributed by atoms with van der Waals surface area (Å²) in [6.45, 7) is 19.4. The van der Waals surface area contributed by atoms with E-state index in [-0.39, 0.29) is 5.41 Å². The largest absolute Gasteiger partial charge is 0.379 e. The van der Waals surface area contributed by atoms with E-state index < -0.39 is 0 Å². The van der Waals surface area contributed by atoms with Crippen LogP contribution >= 0.6 is 0 Å². The van der Waals surface area contributed by atoms with Crippen LogP contribution in [0.5, 0.6) is 0 Å². The minimum atomic E-state index is 0.117.